The zero-order valence-corrected chi connectivity index (χ0v) is 19.1. The van der Waals surface area contributed by atoms with Gasteiger partial charge < -0.3 is 14.4 Å². The maximum atomic E-state index is 13.0. The monoisotopic (exact) mass is 481 g/mol. The van der Waals surface area contributed by atoms with Crippen LogP contribution in [0.5, 0.6) is 11.5 Å². The summed E-state index contributed by atoms with van der Waals surface area (Å²) < 4.78 is 49.4. The summed E-state index contributed by atoms with van der Waals surface area (Å²) in [6, 6.07) is 12.3. The van der Waals surface area contributed by atoms with Crippen LogP contribution in [0.15, 0.2) is 53.8 Å². The van der Waals surface area contributed by atoms with Gasteiger partial charge in [0.2, 0.25) is 0 Å². The number of aromatic nitrogens is 2. The summed E-state index contributed by atoms with van der Waals surface area (Å²) in [4.78, 5) is 15.4. The van der Waals surface area contributed by atoms with E-state index in [-0.39, 0.29) is 34.0 Å². The Morgan fingerprint density at radius 2 is 2.00 bits per heavy atom. The third-order valence-electron chi connectivity index (χ3n) is 5.56. The maximum absolute atomic E-state index is 13.0. The number of halogens is 3. The van der Waals surface area contributed by atoms with Gasteiger partial charge in [-0.05, 0) is 30.7 Å². The highest BCUT2D eigenvalue weighted by Gasteiger charge is 2.31. The smallest absolute Gasteiger partial charge is 0.422 e. The lowest BCUT2D eigenvalue weighted by Crippen LogP contribution is -2.34. The minimum atomic E-state index is -4.58. The fourth-order valence-corrected chi connectivity index (χ4v) is 3.92. The summed E-state index contributed by atoms with van der Waals surface area (Å²) in [6.45, 7) is 1.58. The number of amidine groups is 1. The molecule has 0 atom stereocenters. The molecule has 0 saturated heterocycles. The van der Waals surface area contributed by atoms with E-state index in [0.29, 0.717) is 18.9 Å². The molecule has 180 valence electrons. The molecule has 0 aliphatic carbocycles. The standard InChI is InChI=1S/C25H22F3N5O2/c1-16(33-11-8-19-17(14-33)6-5-10-30-19)32-21-12-22(34-2)24(35-15-25(26,27)28)23(18(21)13-29)20-7-3-4-9-31-20/h3-7,9-10,12H,8,11,14-15H2,1-2H3. The van der Waals surface area contributed by atoms with Crippen LogP contribution in [-0.4, -0.2) is 47.1 Å². The molecule has 10 heteroatoms. The maximum Gasteiger partial charge on any atom is 0.422 e. The van der Waals surface area contributed by atoms with Crippen molar-refractivity contribution < 1.29 is 22.6 Å². The Morgan fingerprint density at radius 3 is 2.69 bits per heavy atom. The van der Waals surface area contributed by atoms with E-state index < -0.39 is 12.8 Å². The van der Waals surface area contributed by atoms with E-state index in [9.17, 15) is 18.4 Å². The van der Waals surface area contributed by atoms with Crippen LogP contribution < -0.4 is 9.47 Å². The van der Waals surface area contributed by atoms with Crippen LogP contribution in [0.4, 0.5) is 18.9 Å². The summed E-state index contributed by atoms with van der Waals surface area (Å²) in [6.07, 6.45) is -0.577. The first-order chi connectivity index (χ1) is 16.8. The molecule has 0 unspecified atom stereocenters. The third kappa shape index (κ3) is 5.35. The minimum absolute atomic E-state index is 0.0219. The molecule has 0 N–H and O–H groups in total. The first-order valence-electron chi connectivity index (χ1n) is 10.8. The molecule has 1 aliphatic rings. The van der Waals surface area contributed by atoms with Crippen LogP contribution in [0.2, 0.25) is 0 Å². The zero-order chi connectivity index (χ0) is 25.0. The number of aliphatic imine (C=N–C) groups is 1. The van der Waals surface area contributed by atoms with Crippen LogP contribution in [0.3, 0.4) is 0 Å². The molecule has 4 rings (SSSR count). The number of nitriles is 1. The van der Waals surface area contributed by atoms with Crippen molar-refractivity contribution in [3.05, 3.63) is 65.6 Å². The number of rotatable bonds is 5. The lowest BCUT2D eigenvalue weighted by molar-refractivity contribution is -0.153. The molecular weight excluding hydrogens is 459 g/mol. The lowest BCUT2D eigenvalue weighted by atomic mass is 10.0. The van der Waals surface area contributed by atoms with Gasteiger partial charge in [-0.3, -0.25) is 9.97 Å². The number of alkyl halides is 3. The van der Waals surface area contributed by atoms with Crippen LogP contribution in [-0.2, 0) is 13.0 Å². The average molecular weight is 481 g/mol. The lowest BCUT2D eigenvalue weighted by Gasteiger charge is -2.29. The molecule has 0 fully saturated rings. The Kier molecular flexibility index (Phi) is 6.87. The first kappa shape index (κ1) is 24.0. The SMILES string of the molecule is COc1cc(N=C(C)N2CCc3ncccc3C2)c(C#N)c(-c2ccccn2)c1OCC(F)(F)F. The predicted octanol–water partition coefficient (Wildman–Crippen LogP) is 5.07. The van der Waals surface area contributed by atoms with Gasteiger partial charge in [-0.1, -0.05) is 12.1 Å². The number of nitrogens with zero attached hydrogens (tertiary/aromatic N) is 5. The molecule has 0 amide bonds. The normalized spacial score (nSPS) is 13.7. The summed E-state index contributed by atoms with van der Waals surface area (Å²) in [5.74, 6) is 0.456. The van der Waals surface area contributed by atoms with E-state index >= 15 is 0 Å². The van der Waals surface area contributed by atoms with E-state index in [0.717, 1.165) is 17.7 Å². The van der Waals surface area contributed by atoms with Crippen molar-refractivity contribution in [2.45, 2.75) is 26.1 Å². The van der Waals surface area contributed by atoms with Crippen molar-refractivity contribution in [3.8, 4) is 28.8 Å². The second-order valence-electron chi connectivity index (χ2n) is 7.85. The highest BCUT2D eigenvalue weighted by molar-refractivity contribution is 5.88. The Labute approximate surface area is 200 Å². The van der Waals surface area contributed by atoms with Crippen LogP contribution in [0, 0.1) is 11.3 Å². The van der Waals surface area contributed by atoms with Gasteiger partial charge in [0.1, 0.15) is 11.9 Å². The van der Waals surface area contributed by atoms with Crippen LogP contribution in [0.25, 0.3) is 11.3 Å². The molecule has 0 radical (unpaired) electrons. The van der Waals surface area contributed by atoms with Crippen LogP contribution >= 0.6 is 0 Å². The number of hydrogen-bond donors (Lipinski definition) is 0. The molecule has 3 aromatic rings. The third-order valence-corrected chi connectivity index (χ3v) is 5.56. The average Bonchev–Trinajstić information content (AvgIpc) is 2.86. The molecule has 1 aliphatic heterocycles. The number of benzene rings is 1. The van der Waals surface area contributed by atoms with Crippen molar-refractivity contribution in [3.63, 3.8) is 0 Å². The van der Waals surface area contributed by atoms with Gasteiger partial charge >= 0.3 is 6.18 Å². The second-order valence-corrected chi connectivity index (χ2v) is 7.85. The second kappa shape index (κ2) is 10.0. The summed E-state index contributed by atoms with van der Waals surface area (Å²) >= 11 is 0. The van der Waals surface area contributed by atoms with Crippen molar-refractivity contribution in [1.29, 1.82) is 5.26 Å². The number of pyridine rings is 2. The molecule has 1 aromatic carbocycles. The highest BCUT2D eigenvalue weighted by atomic mass is 19.4. The van der Waals surface area contributed by atoms with Gasteiger partial charge in [0.05, 0.1) is 29.6 Å². The fraction of sp³-hybridized carbons (Fsp3) is 0.280. The van der Waals surface area contributed by atoms with Crippen molar-refractivity contribution in [1.82, 2.24) is 14.9 Å². The molecule has 2 aromatic heterocycles. The predicted molar refractivity (Wildman–Crippen MR) is 124 cm³/mol. The zero-order valence-electron chi connectivity index (χ0n) is 19.1. The fourth-order valence-electron chi connectivity index (χ4n) is 3.92. The molecule has 0 spiro atoms. The van der Waals surface area contributed by atoms with Crippen molar-refractivity contribution >= 4 is 11.5 Å². The van der Waals surface area contributed by atoms with Gasteiger partial charge in [-0.2, -0.15) is 18.4 Å². The molecule has 0 saturated carbocycles. The number of ether oxygens (including phenoxy) is 2. The number of hydrogen-bond acceptors (Lipinski definition) is 6. The number of fused-ring (bicyclic) bond motifs is 1. The molecule has 3 heterocycles. The van der Waals surface area contributed by atoms with Gasteiger partial charge in [-0.15, -0.1) is 0 Å². The van der Waals surface area contributed by atoms with E-state index in [1.807, 2.05) is 19.1 Å². The summed E-state index contributed by atoms with van der Waals surface area (Å²) in [7, 11) is 1.32. The quantitative estimate of drug-likeness (QED) is 0.374. The highest BCUT2D eigenvalue weighted by Crippen LogP contribution is 2.45. The summed E-state index contributed by atoms with van der Waals surface area (Å²) in [5.41, 5.74) is 2.79. The minimum Gasteiger partial charge on any atom is -0.493 e. The Bertz CT molecular complexity index is 1290. The van der Waals surface area contributed by atoms with Gasteiger partial charge in [0, 0.05) is 43.7 Å². The van der Waals surface area contributed by atoms with E-state index in [2.05, 4.69) is 25.9 Å². The van der Waals surface area contributed by atoms with Crippen molar-refractivity contribution in [2.75, 3.05) is 20.3 Å². The Morgan fingerprint density at radius 1 is 1.20 bits per heavy atom. The van der Waals surface area contributed by atoms with Crippen LogP contribution in [0.1, 0.15) is 23.7 Å². The van der Waals surface area contributed by atoms with Crippen molar-refractivity contribution in [2.24, 2.45) is 4.99 Å². The van der Waals surface area contributed by atoms with E-state index in [4.69, 9.17) is 9.47 Å². The molecule has 7 nitrogen and oxygen atoms in total. The van der Waals surface area contributed by atoms with Gasteiger partial charge in [0.25, 0.3) is 0 Å². The number of methoxy groups -OCH3 is 1. The van der Waals surface area contributed by atoms with E-state index in [1.54, 1.807) is 24.4 Å². The topological polar surface area (TPSA) is 83.6 Å². The van der Waals surface area contributed by atoms with E-state index in [1.165, 1.54) is 19.4 Å². The molecule has 0 bridgehead atoms. The largest absolute Gasteiger partial charge is 0.493 e. The first-order valence-corrected chi connectivity index (χ1v) is 10.8. The van der Waals surface area contributed by atoms with Gasteiger partial charge in [-0.25, -0.2) is 4.99 Å². The summed E-state index contributed by atoms with van der Waals surface area (Å²) in [5, 5.41) is 10.0. The Balaban J connectivity index is 1.81. The molecular formula is C25H22F3N5O2. The Hall–Kier alpha value is -4.13. The van der Waals surface area contributed by atoms with Gasteiger partial charge in [0.15, 0.2) is 18.1 Å². The molecule has 35 heavy (non-hydrogen) atoms.